The Kier molecular flexibility index (Phi) is 6.89. The van der Waals surface area contributed by atoms with Crippen molar-refractivity contribution in [3.05, 3.63) is 64.7 Å². The molecular formula is C23H32N2O2. The molecule has 4 heteroatoms. The van der Waals surface area contributed by atoms with Crippen LogP contribution in [0.25, 0.3) is 0 Å². The fraction of sp³-hybridized carbons (Fsp3) is 0.478. The number of benzene rings is 2. The predicted octanol–water partition coefficient (Wildman–Crippen LogP) is 3.38. The highest BCUT2D eigenvalue weighted by Gasteiger charge is 2.27. The molecule has 1 atom stereocenters. The van der Waals surface area contributed by atoms with Crippen LogP contribution < -0.4 is 4.74 Å². The van der Waals surface area contributed by atoms with E-state index in [1.54, 1.807) is 7.11 Å². The number of aliphatic hydroxyl groups is 1. The molecule has 0 saturated carbocycles. The predicted molar refractivity (Wildman–Crippen MR) is 110 cm³/mol. The first-order valence-electron chi connectivity index (χ1n) is 9.86. The Labute approximate surface area is 163 Å². The molecule has 1 aliphatic heterocycles. The van der Waals surface area contributed by atoms with Crippen molar-refractivity contribution in [2.75, 3.05) is 33.4 Å². The zero-order chi connectivity index (χ0) is 19.2. The Balaban J connectivity index is 1.65. The lowest BCUT2D eigenvalue weighted by molar-refractivity contribution is 0.0498. The molecule has 2 aromatic carbocycles. The first-order valence-corrected chi connectivity index (χ1v) is 9.86. The van der Waals surface area contributed by atoms with Crippen LogP contribution >= 0.6 is 0 Å². The minimum atomic E-state index is 0.240. The van der Waals surface area contributed by atoms with E-state index in [9.17, 15) is 5.11 Å². The van der Waals surface area contributed by atoms with Crippen LogP contribution in [0.1, 0.15) is 28.7 Å². The van der Waals surface area contributed by atoms with Crippen molar-refractivity contribution in [3.8, 4) is 5.75 Å². The summed E-state index contributed by atoms with van der Waals surface area (Å²) in [7, 11) is 1.72. The molecule has 0 aliphatic carbocycles. The molecule has 4 nitrogen and oxygen atoms in total. The maximum Gasteiger partial charge on any atom is 0.121 e. The van der Waals surface area contributed by atoms with Crippen molar-refractivity contribution in [2.45, 2.75) is 39.4 Å². The Morgan fingerprint density at radius 1 is 1.04 bits per heavy atom. The number of nitrogens with zero attached hydrogens (tertiary/aromatic N) is 2. The van der Waals surface area contributed by atoms with Crippen LogP contribution in [0.15, 0.2) is 42.5 Å². The summed E-state index contributed by atoms with van der Waals surface area (Å²) in [6.45, 7) is 9.52. The molecule has 146 valence electrons. The minimum Gasteiger partial charge on any atom is -0.496 e. The molecule has 0 radical (unpaired) electrons. The van der Waals surface area contributed by atoms with Crippen molar-refractivity contribution in [3.63, 3.8) is 0 Å². The summed E-state index contributed by atoms with van der Waals surface area (Å²) in [4.78, 5) is 5.05. The van der Waals surface area contributed by atoms with Gasteiger partial charge in [0, 0.05) is 45.4 Å². The first-order chi connectivity index (χ1) is 13.1. The third-order valence-electron chi connectivity index (χ3n) is 5.65. The number of piperazine rings is 1. The van der Waals surface area contributed by atoms with E-state index < -0.39 is 0 Å². The highest BCUT2D eigenvalue weighted by Crippen LogP contribution is 2.22. The second kappa shape index (κ2) is 9.36. The normalized spacial score (nSPS) is 18.6. The average Bonchev–Trinajstić information content (AvgIpc) is 2.66. The molecule has 0 aromatic heterocycles. The number of aliphatic hydroxyl groups excluding tert-OH is 1. The van der Waals surface area contributed by atoms with E-state index in [1.165, 1.54) is 22.3 Å². The summed E-state index contributed by atoms with van der Waals surface area (Å²) < 4.78 is 5.37. The molecule has 2 aromatic rings. The zero-order valence-corrected chi connectivity index (χ0v) is 16.8. The second-order valence-electron chi connectivity index (χ2n) is 7.60. The van der Waals surface area contributed by atoms with Crippen molar-refractivity contribution in [1.29, 1.82) is 0 Å². The second-order valence-corrected chi connectivity index (χ2v) is 7.60. The monoisotopic (exact) mass is 368 g/mol. The number of rotatable bonds is 7. The Morgan fingerprint density at radius 2 is 1.85 bits per heavy atom. The van der Waals surface area contributed by atoms with Gasteiger partial charge in [0.1, 0.15) is 5.75 Å². The Morgan fingerprint density at radius 3 is 2.56 bits per heavy atom. The lowest BCUT2D eigenvalue weighted by Gasteiger charge is -2.41. The fourth-order valence-corrected chi connectivity index (χ4v) is 4.04. The SMILES string of the molecule is COc1ccc(CN2CCN(Cc3ccccc3C)[C@H](CCO)C2)cc1C. The van der Waals surface area contributed by atoms with Crippen LogP contribution in [-0.2, 0) is 13.1 Å². The summed E-state index contributed by atoms with van der Waals surface area (Å²) >= 11 is 0. The molecule has 1 fully saturated rings. The fourth-order valence-electron chi connectivity index (χ4n) is 4.04. The quantitative estimate of drug-likeness (QED) is 0.813. The van der Waals surface area contributed by atoms with E-state index in [4.69, 9.17) is 4.74 Å². The lowest BCUT2D eigenvalue weighted by atomic mass is 10.0. The summed E-state index contributed by atoms with van der Waals surface area (Å²) in [5.41, 5.74) is 5.24. The largest absolute Gasteiger partial charge is 0.496 e. The zero-order valence-electron chi connectivity index (χ0n) is 16.8. The van der Waals surface area contributed by atoms with E-state index in [-0.39, 0.29) is 6.61 Å². The van der Waals surface area contributed by atoms with Gasteiger partial charge in [0.15, 0.2) is 0 Å². The van der Waals surface area contributed by atoms with Gasteiger partial charge in [-0.25, -0.2) is 0 Å². The minimum absolute atomic E-state index is 0.240. The van der Waals surface area contributed by atoms with Crippen molar-refractivity contribution in [2.24, 2.45) is 0 Å². The molecular weight excluding hydrogens is 336 g/mol. The summed E-state index contributed by atoms with van der Waals surface area (Å²) in [5.74, 6) is 0.944. The van der Waals surface area contributed by atoms with E-state index in [0.717, 1.165) is 44.9 Å². The molecule has 27 heavy (non-hydrogen) atoms. The van der Waals surface area contributed by atoms with Gasteiger partial charge in [-0.2, -0.15) is 0 Å². The Bertz CT molecular complexity index is 747. The van der Waals surface area contributed by atoms with Gasteiger partial charge in [0.05, 0.1) is 7.11 Å². The van der Waals surface area contributed by atoms with Crippen molar-refractivity contribution in [1.82, 2.24) is 9.80 Å². The highest BCUT2D eigenvalue weighted by molar-refractivity contribution is 5.36. The van der Waals surface area contributed by atoms with Crippen molar-refractivity contribution < 1.29 is 9.84 Å². The molecule has 0 spiro atoms. The third-order valence-corrected chi connectivity index (χ3v) is 5.65. The van der Waals surface area contributed by atoms with Crippen LogP contribution in [0.3, 0.4) is 0 Å². The molecule has 3 rings (SSSR count). The van der Waals surface area contributed by atoms with E-state index in [1.807, 2.05) is 0 Å². The molecule has 0 unspecified atom stereocenters. The van der Waals surface area contributed by atoms with E-state index >= 15 is 0 Å². The molecule has 0 bridgehead atoms. The highest BCUT2D eigenvalue weighted by atomic mass is 16.5. The van der Waals surface area contributed by atoms with Crippen LogP contribution in [0.4, 0.5) is 0 Å². The van der Waals surface area contributed by atoms with Crippen LogP contribution in [0, 0.1) is 13.8 Å². The smallest absolute Gasteiger partial charge is 0.121 e. The van der Waals surface area contributed by atoms with Gasteiger partial charge in [-0.3, -0.25) is 9.80 Å². The van der Waals surface area contributed by atoms with Crippen LogP contribution in [0.5, 0.6) is 5.75 Å². The Hall–Kier alpha value is -1.88. The van der Waals surface area contributed by atoms with Crippen LogP contribution in [0.2, 0.25) is 0 Å². The van der Waals surface area contributed by atoms with Gasteiger partial charge >= 0.3 is 0 Å². The van der Waals surface area contributed by atoms with Gasteiger partial charge in [-0.15, -0.1) is 0 Å². The number of ether oxygens (including phenoxy) is 1. The summed E-state index contributed by atoms with van der Waals surface area (Å²) in [6.07, 6.45) is 0.823. The van der Waals surface area contributed by atoms with Gasteiger partial charge in [-0.1, -0.05) is 36.4 Å². The van der Waals surface area contributed by atoms with Gasteiger partial charge in [0.25, 0.3) is 0 Å². The standard InChI is InChI=1S/C23H32N2O2/c1-18-6-4-5-7-21(18)16-25-12-11-24(17-22(25)10-13-26)15-20-8-9-23(27-3)19(2)14-20/h4-9,14,22,26H,10-13,15-17H2,1-3H3/t22-/m1/s1. The topological polar surface area (TPSA) is 35.9 Å². The summed E-state index contributed by atoms with van der Waals surface area (Å²) in [5, 5.41) is 9.57. The average molecular weight is 369 g/mol. The van der Waals surface area contributed by atoms with Gasteiger partial charge in [-0.05, 0) is 48.6 Å². The van der Waals surface area contributed by atoms with E-state index in [2.05, 4.69) is 66.1 Å². The molecule has 1 aliphatic rings. The molecule has 0 amide bonds. The van der Waals surface area contributed by atoms with Crippen molar-refractivity contribution >= 4 is 0 Å². The first kappa shape index (κ1) is 19.9. The molecule has 1 saturated heterocycles. The number of aryl methyl sites for hydroxylation is 2. The number of methoxy groups -OCH3 is 1. The van der Waals surface area contributed by atoms with Gasteiger partial charge in [0.2, 0.25) is 0 Å². The number of hydrogen-bond acceptors (Lipinski definition) is 4. The van der Waals surface area contributed by atoms with Crippen LogP contribution in [-0.4, -0.2) is 54.3 Å². The molecule has 1 N–H and O–H groups in total. The number of hydrogen-bond donors (Lipinski definition) is 1. The molecule has 1 heterocycles. The maximum absolute atomic E-state index is 9.57. The van der Waals surface area contributed by atoms with Gasteiger partial charge < -0.3 is 9.84 Å². The summed E-state index contributed by atoms with van der Waals surface area (Å²) in [6, 6.07) is 15.4. The lowest BCUT2D eigenvalue weighted by Crippen LogP contribution is -2.52. The maximum atomic E-state index is 9.57. The third kappa shape index (κ3) is 5.10. The van der Waals surface area contributed by atoms with E-state index in [0.29, 0.717) is 6.04 Å².